The lowest BCUT2D eigenvalue weighted by molar-refractivity contribution is -0.139. The van der Waals surface area contributed by atoms with Crippen molar-refractivity contribution < 1.29 is 19.1 Å². The fraction of sp³-hybridized carbons (Fsp3) is 0.400. The highest BCUT2D eigenvalue weighted by molar-refractivity contribution is 6.31. The molecule has 0 aromatic heterocycles. The number of nitrogens with one attached hydrogen (secondary N) is 1. The number of ether oxygens (including phenoxy) is 1. The summed E-state index contributed by atoms with van der Waals surface area (Å²) in [6, 6.07) is 9.96. The fourth-order valence-corrected chi connectivity index (χ4v) is 5.33. The number of anilines is 1. The number of rotatable bonds is 3. The van der Waals surface area contributed by atoms with Gasteiger partial charge in [-0.2, -0.15) is 0 Å². The molecule has 2 heterocycles. The highest BCUT2D eigenvalue weighted by Gasteiger charge is 2.41. The van der Waals surface area contributed by atoms with Crippen LogP contribution < -0.4 is 10.1 Å². The van der Waals surface area contributed by atoms with Crippen molar-refractivity contribution in [1.82, 2.24) is 9.80 Å². The zero-order valence-corrected chi connectivity index (χ0v) is 19.2. The summed E-state index contributed by atoms with van der Waals surface area (Å²) in [5, 5.41) is 3.46. The maximum Gasteiger partial charge on any atom is 0.256 e. The molecule has 3 aliphatic rings. The number of hydrogen-bond donors (Lipinski definition) is 1. The summed E-state index contributed by atoms with van der Waals surface area (Å²) in [6.07, 6.45) is 3.98. The molecule has 2 fully saturated rings. The predicted octanol–water partition coefficient (Wildman–Crippen LogP) is 3.81. The van der Waals surface area contributed by atoms with Gasteiger partial charge in [0.2, 0.25) is 11.8 Å². The Morgan fingerprint density at radius 1 is 1.06 bits per heavy atom. The smallest absolute Gasteiger partial charge is 0.256 e. The summed E-state index contributed by atoms with van der Waals surface area (Å²) < 4.78 is 5.47. The third-order valence-corrected chi connectivity index (χ3v) is 7.18. The van der Waals surface area contributed by atoms with Crippen molar-refractivity contribution in [3.63, 3.8) is 0 Å². The number of benzene rings is 2. The van der Waals surface area contributed by atoms with Gasteiger partial charge in [0.05, 0.1) is 24.9 Å². The van der Waals surface area contributed by atoms with Crippen molar-refractivity contribution >= 4 is 35.0 Å². The average molecular weight is 468 g/mol. The Morgan fingerprint density at radius 3 is 2.61 bits per heavy atom. The van der Waals surface area contributed by atoms with Gasteiger partial charge in [-0.15, -0.1) is 0 Å². The molecule has 1 saturated carbocycles. The molecular formula is C25H26ClN3O4. The van der Waals surface area contributed by atoms with Crippen LogP contribution in [0.5, 0.6) is 5.75 Å². The number of piperazine rings is 1. The van der Waals surface area contributed by atoms with Gasteiger partial charge in [0.15, 0.2) is 0 Å². The van der Waals surface area contributed by atoms with Crippen LogP contribution in [0.1, 0.15) is 36.0 Å². The molecule has 0 unspecified atom stereocenters. The fourth-order valence-electron chi connectivity index (χ4n) is 5.16. The lowest BCUT2D eigenvalue weighted by Crippen LogP contribution is -2.60. The molecular weight excluding hydrogens is 442 g/mol. The summed E-state index contributed by atoms with van der Waals surface area (Å²) in [5.74, 6) is 0.322. The quantitative estimate of drug-likeness (QED) is 0.744. The number of hydrogen-bond acceptors (Lipinski definition) is 4. The minimum absolute atomic E-state index is 0.0496. The van der Waals surface area contributed by atoms with Crippen LogP contribution in [0.25, 0.3) is 11.1 Å². The van der Waals surface area contributed by atoms with Crippen molar-refractivity contribution in [2.45, 2.75) is 31.7 Å². The van der Waals surface area contributed by atoms with E-state index in [1.54, 1.807) is 47.2 Å². The number of amides is 3. The highest BCUT2D eigenvalue weighted by atomic mass is 35.5. The third-order valence-electron chi connectivity index (χ3n) is 6.94. The molecule has 2 aromatic carbocycles. The second-order valence-corrected chi connectivity index (χ2v) is 9.31. The topological polar surface area (TPSA) is 79.0 Å². The number of carbonyl (C=O) groups is 3. The van der Waals surface area contributed by atoms with E-state index >= 15 is 0 Å². The first-order valence-electron chi connectivity index (χ1n) is 11.3. The van der Waals surface area contributed by atoms with Gasteiger partial charge in [0.25, 0.3) is 5.91 Å². The number of halogens is 1. The van der Waals surface area contributed by atoms with Crippen molar-refractivity contribution in [1.29, 1.82) is 0 Å². The zero-order valence-electron chi connectivity index (χ0n) is 18.5. The van der Waals surface area contributed by atoms with E-state index in [1.807, 2.05) is 6.07 Å². The lowest BCUT2D eigenvalue weighted by atomic mass is 10.00. The molecule has 5 rings (SSSR count). The Morgan fingerprint density at radius 2 is 1.85 bits per heavy atom. The van der Waals surface area contributed by atoms with E-state index in [1.165, 1.54) is 0 Å². The molecule has 0 spiro atoms. The maximum atomic E-state index is 13.5. The van der Waals surface area contributed by atoms with Crippen LogP contribution in [0.3, 0.4) is 0 Å². The van der Waals surface area contributed by atoms with E-state index in [0.29, 0.717) is 35.1 Å². The van der Waals surface area contributed by atoms with Gasteiger partial charge in [0.1, 0.15) is 11.8 Å². The minimum Gasteiger partial charge on any atom is -0.496 e. The van der Waals surface area contributed by atoms with Crippen molar-refractivity contribution in [2.24, 2.45) is 5.92 Å². The molecule has 172 valence electrons. The second kappa shape index (κ2) is 8.71. The predicted molar refractivity (Wildman–Crippen MR) is 125 cm³/mol. The highest BCUT2D eigenvalue weighted by Crippen LogP contribution is 2.36. The Labute approximate surface area is 197 Å². The Kier molecular flexibility index (Phi) is 5.74. The normalized spacial score (nSPS) is 20.7. The molecule has 3 amide bonds. The van der Waals surface area contributed by atoms with Gasteiger partial charge in [-0.25, -0.2) is 0 Å². The molecule has 1 aliphatic carbocycles. The largest absolute Gasteiger partial charge is 0.496 e. The van der Waals surface area contributed by atoms with E-state index in [2.05, 4.69) is 5.32 Å². The van der Waals surface area contributed by atoms with Crippen molar-refractivity contribution in [3.05, 3.63) is 47.0 Å². The minimum atomic E-state index is -0.701. The van der Waals surface area contributed by atoms with Gasteiger partial charge in [-0.05, 0) is 48.7 Å². The van der Waals surface area contributed by atoms with E-state index in [9.17, 15) is 14.4 Å². The molecule has 0 bridgehead atoms. The second-order valence-electron chi connectivity index (χ2n) is 8.87. The van der Waals surface area contributed by atoms with Crippen LogP contribution in [-0.4, -0.2) is 60.3 Å². The summed E-state index contributed by atoms with van der Waals surface area (Å²) in [5.41, 5.74) is 2.42. The Hall–Kier alpha value is -3.06. The van der Waals surface area contributed by atoms with Gasteiger partial charge >= 0.3 is 0 Å². The van der Waals surface area contributed by atoms with Gasteiger partial charge in [0, 0.05) is 29.6 Å². The van der Waals surface area contributed by atoms with Gasteiger partial charge in [-0.3, -0.25) is 14.4 Å². The molecule has 33 heavy (non-hydrogen) atoms. The van der Waals surface area contributed by atoms with E-state index in [-0.39, 0.29) is 30.2 Å². The molecule has 2 aliphatic heterocycles. The summed E-state index contributed by atoms with van der Waals surface area (Å²) >= 11 is 6.20. The third kappa shape index (κ3) is 3.95. The van der Waals surface area contributed by atoms with Crippen LogP contribution in [0.4, 0.5) is 5.69 Å². The number of methoxy groups -OCH3 is 1. The first-order chi connectivity index (χ1) is 16.0. The molecule has 7 nitrogen and oxygen atoms in total. The van der Waals surface area contributed by atoms with Crippen LogP contribution >= 0.6 is 11.6 Å². The average Bonchev–Trinajstić information content (AvgIpc) is 3.35. The first-order valence-corrected chi connectivity index (χ1v) is 11.7. The lowest BCUT2D eigenvalue weighted by Gasteiger charge is -2.40. The van der Waals surface area contributed by atoms with E-state index in [0.717, 1.165) is 36.8 Å². The number of fused-ring (bicyclic) bond motifs is 2. The van der Waals surface area contributed by atoms with Crippen molar-refractivity contribution in [3.8, 4) is 16.9 Å². The van der Waals surface area contributed by atoms with E-state index < -0.39 is 6.04 Å². The molecule has 1 atom stereocenters. The van der Waals surface area contributed by atoms with Crippen LogP contribution in [0, 0.1) is 5.92 Å². The molecule has 1 saturated heterocycles. The SMILES string of the molecule is COc1ccc(Cl)cc1-c1ccc2c(c1)C(=O)N1CCN(C(=O)C3CCCC3)C[C@H]1C(=O)N2. The molecule has 2 aromatic rings. The summed E-state index contributed by atoms with van der Waals surface area (Å²) in [7, 11) is 1.58. The van der Waals surface area contributed by atoms with Gasteiger partial charge in [-0.1, -0.05) is 30.5 Å². The van der Waals surface area contributed by atoms with Crippen LogP contribution in [0.2, 0.25) is 5.02 Å². The Balaban J connectivity index is 1.44. The maximum absolute atomic E-state index is 13.5. The van der Waals surface area contributed by atoms with Crippen LogP contribution in [-0.2, 0) is 9.59 Å². The number of nitrogens with zero attached hydrogens (tertiary/aromatic N) is 2. The summed E-state index contributed by atoms with van der Waals surface area (Å²) in [6.45, 7) is 1.01. The Bertz CT molecular complexity index is 1130. The zero-order chi connectivity index (χ0) is 23.1. The standard InChI is InChI=1S/C25H26ClN3O4/c1-33-22-9-7-17(26)13-18(22)16-6-8-20-19(12-16)25(32)29-11-10-28(14-21(29)23(30)27-20)24(31)15-4-2-3-5-15/h6-9,12-13,15,21H,2-5,10-11,14H2,1H3,(H,27,30)/t21-/m0/s1. The molecule has 0 radical (unpaired) electrons. The monoisotopic (exact) mass is 467 g/mol. The van der Waals surface area contributed by atoms with Crippen molar-refractivity contribution in [2.75, 3.05) is 32.1 Å². The summed E-state index contributed by atoms with van der Waals surface area (Å²) in [4.78, 5) is 42.9. The number of carbonyl (C=O) groups excluding carboxylic acids is 3. The van der Waals surface area contributed by atoms with Gasteiger partial charge < -0.3 is 19.9 Å². The molecule has 1 N–H and O–H groups in total. The van der Waals surface area contributed by atoms with E-state index in [4.69, 9.17) is 16.3 Å². The first kappa shape index (κ1) is 21.8. The molecule has 8 heteroatoms. The van der Waals surface area contributed by atoms with Crippen LogP contribution in [0.15, 0.2) is 36.4 Å².